The molecule has 4 atom stereocenters. The molecule has 7 heteroatoms. The summed E-state index contributed by atoms with van der Waals surface area (Å²) in [5.41, 5.74) is 0.656. The number of carbonyl (C=O) groups excluding carboxylic acids is 4. The van der Waals surface area contributed by atoms with Gasteiger partial charge >= 0.3 is 5.97 Å². The second-order valence-corrected chi connectivity index (χ2v) is 7.75. The number of ether oxygens (including phenoxy) is 1. The molecule has 150 valence electrons. The van der Waals surface area contributed by atoms with E-state index in [1.165, 1.54) is 6.92 Å². The average Bonchev–Trinajstić information content (AvgIpc) is 2.90. The Morgan fingerprint density at radius 2 is 1.93 bits per heavy atom. The number of benzene rings is 1. The Balaban J connectivity index is 1.57. The summed E-state index contributed by atoms with van der Waals surface area (Å²) >= 11 is 0. The van der Waals surface area contributed by atoms with Crippen LogP contribution >= 0.6 is 0 Å². The summed E-state index contributed by atoms with van der Waals surface area (Å²) in [7, 11) is 0. The number of ketones is 1. The number of esters is 1. The first-order valence-electron chi connectivity index (χ1n) is 9.74. The van der Waals surface area contributed by atoms with Crippen molar-refractivity contribution in [3.05, 3.63) is 29.8 Å². The van der Waals surface area contributed by atoms with E-state index in [-0.39, 0.29) is 17.5 Å². The van der Waals surface area contributed by atoms with E-state index in [1.807, 2.05) is 0 Å². The molecule has 7 nitrogen and oxygen atoms in total. The van der Waals surface area contributed by atoms with Crippen molar-refractivity contribution in [2.45, 2.75) is 52.2 Å². The highest BCUT2D eigenvalue weighted by molar-refractivity contribution is 6.52. The van der Waals surface area contributed by atoms with E-state index in [0.29, 0.717) is 17.5 Å². The summed E-state index contributed by atoms with van der Waals surface area (Å²) in [6.07, 6.45) is 2.16. The van der Waals surface area contributed by atoms with E-state index in [0.717, 1.165) is 24.2 Å². The van der Waals surface area contributed by atoms with Crippen molar-refractivity contribution in [2.75, 3.05) is 11.4 Å². The highest BCUT2D eigenvalue weighted by Gasteiger charge is 2.37. The van der Waals surface area contributed by atoms with Crippen LogP contribution in [0.1, 0.15) is 50.4 Å². The van der Waals surface area contributed by atoms with Crippen LogP contribution in [0.4, 0.5) is 5.69 Å². The minimum atomic E-state index is -0.972. The molecular formula is C21H26N2O5. The fraction of sp³-hybridized carbons (Fsp3) is 0.524. The molecule has 0 radical (unpaired) electrons. The standard InChI is InChI=1S/C21H26N2O5/c1-12-7-6-9-16(13(12)2)22-20(26)14(3)28-18(24)11-23-17-10-5-4-8-15(17)19(25)21(23)27/h4-5,8,10,12-14,16H,6-7,9,11H2,1-3H3,(H,22,26)/t12-,13+,14+,16-/m0/s1. The SMILES string of the molecule is C[C@H]1[C@@H](NC(=O)[C@@H](C)OC(=O)CN2C(=O)C(=O)c3ccccc32)CCC[C@@H]1C. The average molecular weight is 386 g/mol. The summed E-state index contributed by atoms with van der Waals surface area (Å²) in [6.45, 7) is 5.41. The maximum atomic E-state index is 12.4. The molecule has 1 aromatic rings. The van der Waals surface area contributed by atoms with Gasteiger partial charge in [-0.2, -0.15) is 0 Å². The quantitative estimate of drug-likeness (QED) is 0.618. The summed E-state index contributed by atoms with van der Waals surface area (Å²) in [4.78, 5) is 49.9. The van der Waals surface area contributed by atoms with E-state index in [4.69, 9.17) is 4.74 Å². The molecule has 1 saturated carbocycles. The topological polar surface area (TPSA) is 92.8 Å². The van der Waals surface area contributed by atoms with Gasteiger partial charge in [0.25, 0.3) is 17.6 Å². The van der Waals surface area contributed by atoms with Crippen molar-refractivity contribution in [1.82, 2.24) is 5.32 Å². The number of hydrogen-bond donors (Lipinski definition) is 1. The predicted molar refractivity (Wildman–Crippen MR) is 103 cm³/mol. The van der Waals surface area contributed by atoms with Crippen molar-refractivity contribution in [3.63, 3.8) is 0 Å². The second-order valence-electron chi connectivity index (χ2n) is 7.75. The second kappa shape index (κ2) is 8.12. The third-order valence-corrected chi connectivity index (χ3v) is 5.88. The molecule has 0 saturated heterocycles. The number of para-hydroxylation sites is 1. The molecule has 1 aliphatic carbocycles. The smallest absolute Gasteiger partial charge is 0.326 e. The molecule has 1 aliphatic heterocycles. The monoisotopic (exact) mass is 386 g/mol. The van der Waals surface area contributed by atoms with Gasteiger partial charge in [-0.15, -0.1) is 0 Å². The van der Waals surface area contributed by atoms with E-state index < -0.39 is 30.3 Å². The minimum Gasteiger partial charge on any atom is -0.451 e. The van der Waals surface area contributed by atoms with Gasteiger partial charge in [0, 0.05) is 6.04 Å². The zero-order chi connectivity index (χ0) is 20.4. The van der Waals surface area contributed by atoms with Crippen molar-refractivity contribution in [3.8, 4) is 0 Å². The van der Waals surface area contributed by atoms with Gasteiger partial charge in [-0.1, -0.05) is 38.8 Å². The summed E-state index contributed by atoms with van der Waals surface area (Å²) in [5, 5.41) is 2.98. The molecule has 1 heterocycles. The van der Waals surface area contributed by atoms with Gasteiger partial charge in [0.2, 0.25) is 0 Å². The van der Waals surface area contributed by atoms with Crippen LogP contribution in [0.3, 0.4) is 0 Å². The highest BCUT2D eigenvalue weighted by atomic mass is 16.5. The number of nitrogens with one attached hydrogen (secondary N) is 1. The first kappa shape index (κ1) is 20.0. The van der Waals surface area contributed by atoms with Gasteiger partial charge in [0.05, 0.1) is 11.3 Å². The fourth-order valence-corrected chi connectivity index (χ4v) is 3.91. The number of fused-ring (bicyclic) bond motifs is 1. The first-order chi connectivity index (χ1) is 13.3. The third kappa shape index (κ3) is 3.93. The van der Waals surface area contributed by atoms with E-state index in [9.17, 15) is 19.2 Å². The molecule has 1 fully saturated rings. The van der Waals surface area contributed by atoms with Crippen LogP contribution in [0.25, 0.3) is 0 Å². The number of amides is 2. The molecule has 2 amide bonds. The molecule has 2 aliphatic rings. The van der Waals surface area contributed by atoms with Crippen molar-refractivity contribution in [1.29, 1.82) is 0 Å². The molecule has 3 rings (SSSR count). The maximum Gasteiger partial charge on any atom is 0.326 e. The van der Waals surface area contributed by atoms with Crippen LogP contribution in [-0.2, 0) is 19.1 Å². The van der Waals surface area contributed by atoms with Gasteiger partial charge in [0.1, 0.15) is 6.54 Å². The number of rotatable bonds is 5. The lowest BCUT2D eigenvalue weighted by molar-refractivity contribution is -0.154. The van der Waals surface area contributed by atoms with E-state index >= 15 is 0 Å². The first-order valence-corrected chi connectivity index (χ1v) is 9.74. The predicted octanol–water partition coefficient (Wildman–Crippen LogP) is 2.09. The molecule has 0 bridgehead atoms. The van der Waals surface area contributed by atoms with Crippen LogP contribution in [-0.4, -0.2) is 42.3 Å². The molecular weight excluding hydrogens is 360 g/mol. The Morgan fingerprint density at radius 3 is 2.68 bits per heavy atom. The summed E-state index contributed by atoms with van der Waals surface area (Å²) < 4.78 is 5.22. The number of carbonyl (C=O) groups is 4. The van der Waals surface area contributed by atoms with Gasteiger partial charge in [-0.05, 0) is 37.3 Å². The number of nitrogens with zero attached hydrogens (tertiary/aromatic N) is 1. The zero-order valence-corrected chi connectivity index (χ0v) is 16.4. The molecule has 28 heavy (non-hydrogen) atoms. The fourth-order valence-electron chi connectivity index (χ4n) is 3.91. The Bertz CT molecular complexity index is 806. The van der Waals surface area contributed by atoms with Crippen LogP contribution in [0.5, 0.6) is 0 Å². The summed E-state index contributed by atoms with van der Waals surface area (Å²) in [6, 6.07) is 6.56. The van der Waals surface area contributed by atoms with Crippen LogP contribution in [0.2, 0.25) is 0 Å². The Kier molecular flexibility index (Phi) is 5.82. The maximum absolute atomic E-state index is 12.4. The molecule has 1 aromatic carbocycles. The highest BCUT2D eigenvalue weighted by Crippen LogP contribution is 2.30. The van der Waals surface area contributed by atoms with Gasteiger partial charge in [-0.25, -0.2) is 0 Å². The Labute approximate surface area is 164 Å². The molecule has 0 spiro atoms. The van der Waals surface area contributed by atoms with E-state index in [1.54, 1.807) is 24.3 Å². The van der Waals surface area contributed by atoms with Crippen LogP contribution in [0, 0.1) is 11.8 Å². The van der Waals surface area contributed by atoms with Crippen molar-refractivity contribution < 1.29 is 23.9 Å². The van der Waals surface area contributed by atoms with Gasteiger partial charge in [0.15, 0.2) is 6.10 Å². The van der Waals surface area contributed by atoms with Crippen LogP contribution < -0.4 is 10.2 Å². The normalized spacial score (nSPS) is 25.2. The molecule has 0 unspecified atom stereocenters. The van der Waals surface area contributed by atoms with Crippen LogP contribution in [0.15, 0.2) is 24.3 Å². The lowest BCUT2D eigenvalue weighted by Crippen LogP contribution is -2.48. The lowest BCUT2D eigenvalue weighted by atomic mass is 9.78. The van der Waals surface area contributed by atoms with Gasteiger partial charge < -0.3 is 10.1 Å². The largest absolute Gasteiger partial charge is 0.451 e. The zero-order valence-electron chi connectivity index (χ0n) is 16.4. The van der Waals surface area contributed by atoms with Crippen molar-refractivity contribution >= 4 is 29.3 Å². The number of Topliss-reactive ketones (excluding diaryl/α,β-unsaturated/α-hetero) is 1. The molecule has 0 aromatic heterocycles. The Morgan fingerprint density at radius 1 is 1.21 bits per heavy atom. The minimum absolute atomic E-state index is 0.0714. The van der Waals surface area contributed by atoms with Crippen molar-refractivity contribution in [2.24, 2.45) is 11.8 Å². The molecule has 1 N–H and O–H groups in total. The summed E-state index contributed by atoms with van der Waals surface area (Å²) in [5.74, 6) is -1.58. The third-order valence-electron chi connectivity index (χ3n) is 5.88. The lowest BCUT2D eigenvalue weighted by Gasteiger charge is -2.35. The number of hydrogen-bond acceptors (Lipinski definition) is 5. The Hall–Kier alpha value is -2.70. The van der Waals surface area contributed by atoms with Gasteiger partial charge in [-0.3, -0.25) is 24.1 Å². The number of anilines is 1. The van der Waals surface area contributed by atoms with E-state index in [2.05, 4.69) is 19.2 Å².